The highest BCUT2D eigenvalue weighted by atomic mass is 32.1. The van der Waals surface area contributed by atoms with Crippen molar-refractivity contribution >= 4 is 39.2 Å². The molecule has 2 saturated heterocycles. The van der Waals surface area contributed by atoms with Gasteiger partial charge in [0.1, 0.15) is 5.84 Å². The first-order valence-electron chi connectivity index (χ1n) is 13.3. The quantitative estimate of drug-likeness (QED) is 0.594. The lowest BCUT2D eigenvalue weighted by atomic mass is 10.0. The molecule has 6 rings (SSSR count). The van der Waals surface area contributed by atoms with E-state index < -0.39 is 0 Å². The number of nitrogens with zero attached hydrogens (tertiary/aromatic N) is 6. The predicted molar refractivity (Wildman–Crippen MR) is 150 cm³/mol. The number of nitrogens with one attached hydrogen (secondary N) is 1. The molecule has 5 heterocycles. The summed E-state index contributed by atoms with van der Waals surface area (Å²) in [5, 5.41) is 3.71. The third kappa shape index (κ3) is 5.05. The summed E-state index contributed by atoms with van der Waals surface area (Å²) in [6, 6.07) is 2.48. The molecule has 4 aliphatic rings. The first-order valence-corrected chi connectivity index (χ1v) is 14.2. The Bertz CT molecular complexity index is 1210. The number of aliphatic imine (C=N–C) groups is 1. The van der Waals surface area contributed by atoms with Gasteiger partial charge < -0.3 is 19.7 Å². The van der Waals surface area contributed by atoms with E-state index in [1.807, 2.05) is 0 Å². The minimum atomic E-state index is 0.0809. The van der Waals surface area contributed by atoms with Gasteiger partial charge in [-0.1, -0.05) is 24.3 Å². The van der Waals surface area contributed by atoms with Gasteiger partial charge in [0.05, 0.1) is 48.7 Å². The molecule has 0 bridgehead atoms. The molecule has 2 aromatic heterocycles. The van der Waals surface area contributed by atoms with Crippen molar-refractivity contribution in [1.82, 2.24) is 20.2 Å². The molecule has 0 radical (unpaired) electrons. The summed E-state index contributed by atoms with van der Waals surface area (Å²) < 4.78 is 12.3. The van der Waals surface area contributed by atoms with Crippen LogP contribution in [0.3, 0.4) is 0 Å². The van der Waals surface area contributed by atoms with Crippen LogP contribution in [0.15, 0.2) is 35.4 Å². The highest BCUT2D eigenvalue weighted by molar-refractivity contribution is 7.19. The van der Waals surface area contributed by atoms with E-state index >= 15 is 0 Å². The first kappa shape index (κ1) is 24.9. The molecule has 0 spiro atoms. The van der Waals surface area contributed by atoms with Crippen molar-refractivity contribution in [3.8, 4) is 0 Å². The van der Waals surface area contributed by atoms with Crippen LogP contribution in [-0.4, -0.2) is 97.5 Å². The number of thiophene rings is 1. The van der Waals surface area contributed by atoms with Gasteiger partial charge in [-0.05, 0) is 26.8 Å². The van der Waals surface area contributed by atoms with Gasteiger partial charge in [0.15, 0.2) is 5.82 Å². The Kier molecular flexibility index (Phi) is 7.02. The fourth-order valence-corrected chi connectivity index (χ4v) is 6.70. The summed E-state index contributed by atoms with van der Waals surface area (Å²) in [6.07, 6.45) is 8.52. The number of hydrogen-bond donors (Lipinski definition) is 1. The van der Waals surface area contributed by atoms with E-state index in [1.54, 1.807) is 11.3 Å². The molecule has 1 aliphatic carbocycles. The second-order valence-corrected chi connectivity index (χ2v) is 11.8. The molecule has 198 valence electrons. The average Bonchev–Trinajstić information content (AvgIpc) is 3.48. The smallest absolute Gasteiger partial charge is 0.234 e. The van der Waals surface area contributed by atoms with Gasteiger partial charge in [-0.15, -0.1) is 11.3 Å². The third-order valence-electron chi connectivity index (χ3n) is 7.70. The zero-order valence-corrected chi connectivity index (χ0v) is 22.8. The van der Waals surface area contributed by atoms with Crippen LogP contribution in [0.25, 0.3) is 10.2 Å². The number of anilines is 2. The minimum Gasteiger partial charge on any atom is -0.379 e. The molecule has 0 aromatic carbocycles. The van der Waals surface area contributed by atoms with Crippen LogP contribution in [0.2, 0.25) is 0 Å². The summed E-state index contributed by atoms with van der Waals surface area (Å²) in [4.78, 5) is 23.4. The summed E-state index contributed by atoms with van der Waals surface area (Å²) in [6.45, 7) is 15.2. The first-order chi connectivity index (χ1) is 18.0. The molecule has 2 fully saturated rings. The zero-order valence-electron chi connectivity index (χ0n) is 22.0. The molecule has 37 heavy (non-hydrogen) atoms. The number of allylic oxidation sites excluding steroid dienone is 2. The van der Waals surface area contributed by atoms with Crippen LogP contribution in [0.1, 0.15) is 25.6 Å². The maximum absolute atomic E-state index is 5.64. The Morgan fingerprint density at radius 1 is 1.03 bits per heavy atom. The normalized spacial score (nSPS) is 24.7. The van der Waals surface area contributed by atoms with Gasteiger partial charge in [-0.2, -0.15) is 4.98 Å². The average molecular weight is 524 g/mol. The Morgan fingerprint density at radius 3 is 2.54 bits per heavy atom. The van der Waals surface area contributed by atoms with Gasteiger partial charge in [0.2, 0.25) is 5.95 Å². The molecular formula is C27H37N7O2S. The lowest BCUT2D eigenvalue weighted by molar-refractivity contribution is -0.00965. The molecule has 10 heteroatoms. The van der Waals surface area contributed by atoms with E-state index in [-0.39, 0.29) is 17.6 Å². The second kappa shape index (κ2) is 10.4. The van der Waals surface area contributed by atoms with Crippen molar-refractivity contribution in [2.24, 2.45) is 4.99 Å². The molecule has 9 nitrogen and oxygen atoms in total. The fourth-order valence-electron chi connectivity index (χ4n) is 5.62. The lowest BCUT2D eigenvalue weighted by Gasteiger charge is -2.41. The number of fused-ring (bicyclic) bond motifs is 2. The van der Waals surface area contributed by atoms with E-state index in [9.17, 15) is 0 Å². The molecule has 2 aromatic rings. The van der Waals surface area contributed by atoms with Gasteiger partial charge in [0, 0.05) is 49.7 Å². The summed E-state index contributed by atoms with van der Waals surface area (Å²) in [5.74, 6) is 2.70. The monoisotopic (exact) mass is 523 g/mol. The topological polar surface area (TPSA) is 78.4 Å². The number of aromatic nitrogens is 2. The van der Waals surface area contributed by atoms with Crippen LogP contribution in [0, 0.1) is 0 Å². The minimum absolute atomic E-state index is 0.0809. The Balaban J connectivity index is 1.26. The van der Waals surface area contributed by atoms with Crippen molar-refractivity contribution in [2.45, 2.75) is 44.9 Å². The molecule has 3 aliphatic heterocycles. The maximum Gasteiger partial charge on any atom is 0.234 e. The highest BCUT2D eigenvalue weighted by Crippen LogP contribution is 2.36. The number of amidine groups is 1. The lowest BCUT2D eigenvalue weighted by Crippen LogP contribution is -2.54. The van der Waals surface area contributed by atoms with Crippen molar-refractivity contribution in [2.75, 3.05) is 69.0 Å². The predicted octanol–water partition coefficient (Wildman–Crippen LogP) is 2.83. The SMILES string of the molecule is CC1=NC2C=CC=CC2N1c1nc(N2CCOCC2)c2sc(CNCC(C)(C)N3CCOCC3)cc2n1. The Labute approximate surface area is 222 Å². The standard InChI is InChI=1S/C27H37N7O2S/c1-19-29-21-6-4-5-7-23(21)34(19)26-30-22-16-20(17-28-18-27(2,3)33-10-14-36-15-11-33)37-24(22)25(31-26)32-8-12-35-13-9-32/h4-7,16,21,23,28H,8-15,17-18H2,1-3H3. The highest BCUT2D eigenvalue weighted by Gasteiger charge is 2.35. The number of morpholine rings is 2. The van der Waals surface area contributed by atoms with Gasteiger partial charge in [0.25, 0.3) is 0 Å². The fraction of sp³-hybridized carbons (Fsp3) is 0.593. The van der Waals surface area contributed by atoms with Crippen LogP contribution < -0.4 is 15.1 Å². The van der Waals surface area contributed by atoms with E-state index in [0.29, 0.717) is 0 Å². The van der Waals surface area contributed by atoms with Crippen LogP contribution >= 0.6 is 11.3 Å². The second-order valence-electron chi connectivity index (χ2n) is 10.7. The van der Waals surface area contributed by atoms with Crippen LogP contribution in [0.4, 0.5) is 11.8 Å². The summed E-state index contributed by atoms with van der Waals surface area (Å²) in [5.41, 5.74) is 1.09. The Morgan fingerprint density at radius 2 is 1.76 bits per heavy atom. The Hall–Kier alpha value is -2.37. The van der Waals surface area contributed by atoms with E-state index in [4.69, 9.17) is 24.4 Å². The number of ether oxygens (including phenoxy) is 2. The van der Waals surface area contributed by atoms with Crippen molar-refractivity contribution in [1.29, 1.82) is 0 Å². The summed E-state index contributed by atoms with van der Waals surface area (Å²) >= 11 is 1.80. The molecular weight excluding hydrogens is 486 g/mol. The maximum atomic E-state index is 5.64. The molecule has 2 unspecified atom stereocenters. The van der Waals surface area contributed by atoms with Crippen molar-refractivity contribution in [3.63, 3.8) is 0 Å². The molecule has 0 saturated carbocycles. The molecule has 0 amide bonds. The zero-order chi connectivity index (χ0) is 25.4. The van der Waals surface area contributed by atoms with Gasteiger partial charge in [-0.25, -0.2) is 4.98 Å². The van der Waals surface area contributed by atoms with E-state index in [2.05, 4.69) is 71.2 Å². The van der Waals surface area contributed by atoms with E-state index in [0.717, 1.165) is 93.5 Å². The van der Waals surface area contributed by atoms with Gasteiger partial charge in [-0.3, -0.25) is 14.8 Å². The van der Waals surface area contributed by atoms with Gasteiger partial charge >= 0.3 is 0 Å². The van der Waals surface area contributed by atoms with Crippen LogP contribution in [-0.2, 0) is 16.0 Å². The largest absolute Gasteiger partial charge is 0.379 e. The van der Waals surface area contributed by atoms with Crippen LogP contribution in [0.5, 0.6) is 0 Å². The van der Waals surface area contributed by atoms with Crippen molar-refractivity contribution in [3.05, 3.63) is 35.2 Å². The summed E-state index contributed by atoms with van der Waals surface area (Å²) in [7, 11) is 0. The molecule has 2 atom stereocenters. The van der Waals surface area contributed by atoms with Crippen molar-refractivity contribution < 1.29 is 9.47 Å². The van der Waals surface area contributed by atoms with E-state index in [1.165, 1.54) is 4.88 Å². The molecule has 1 N–H and O–H groups in total. The third-order valence-corrected chi connectivity index (χ3v) is 8.82. The number of rotatable bonds is 7. The number of hydrogen-bond acceptors (Lipinski definition) is 10.